The normalized spacial score (nSPS) is 34.8. The molecule has 0 aromatic heterocycles. The van der Waals surface area contributed by atoms with Gasteiger partial charge in [-0.2, -0.15) is 0 Å². The highest BCUT2D eigenvalue weighted by Crippen LogP contribution is 2.41. The maximum atomic E-state index is 2.45. The molecule has 2 saturated carbocycles. The first-order valence-corrected chi connectivity index (χ1v) is 10.6. The van der Waals surface area contributed by atoms with E-state index in [1.54, 1.807) is 32.1 Å². The molecule has 0 aromatic carbocycles. The zero-order valence-electron chi connectivity index (χ0n) is 15.9. The minimum absolute atomic E-state index is 0.888. The minimum Gasteiger partial charge on any atom is -0.0651 e. The van der Waals surface area contributed by atoms with E-state index in [9.17, 15) is 0 Å². The summed E-state index contributed by atoms with van der Waals surface area (Å²) in [5, 5.41) is 0. The molecule has 1 atom stereocenters. The molecule has 0 heterocycles. The molecule has 0 radical (unpaired) electrons. The van der Waals surface area contributed by atoms with Gasteiger partial charge < -0.3 is 0 Å². The zero-order valence-corrected chi connectivity index (χ0v) is 15.9. The van der Waals surface area contributed by atoms with Gasteiger partial charge >= 0.3 is 0 Å². The summed E-state index contributed by atoms with van der Waals surface area (Å²) >= 11 is 0. The van der Waals surface area contributed by atoms with Gasteiger partial charge in [-0.15, -0.1) is 0 Å². The Hall–Kier alpha value is 0. The van der Waals surface area contributed by atoms with Gasteiger partial charge in [-0.3, -0.25) is 0 Å². The lowest BCUT2D eigenvalue weighted by atomic mass is 9.70. The molecule has 0 nitrogen and oxygen atoms in total. The van der Waals surface area contributed by atoms with Crippen LogP contribution in [0.4, 0.5) is 0 Å². The van der Waals surface area contributed by atoms with Gasteiger partial charge in [0.05, 0.1) is 0 Å². The Balaban J connectivity index is 1.68. The fourth-order valence-electron chi connectivity index (χ4n) is 5.25. The van der Waals surface area contributed by atoms with E-state index in [-0.39, 0.29) is 0 Å². The van der Waals surface area contributed by atoms with Gasteiger partial charge in [0, 0.05) is 0 Å². The van der Waals surface area contributed by atoms with Crippen LogP contribution in [0.2, 0.25) is 0 Å². The average molecular weight is 307 g/mol. The van der Waals surface area contributed by atoms with E-state index >= 15 is 0 Å². The van der Waals surface area contributed by atoms with E-state index in [2.05, 4.69) is 27.7 Å². The fourth-order valence-corrected chi connectivity index (χ4v) is 5.25. The molecule has 0 spiro atoms. The summed E-state index contributed by atoms with van der Waals surface area (Å²) in [6, 6.07) is 0. The van der Waals surface area contributed by atoms with Crippen LogP contribution in [0, 0.1) is 35.5 Å². The molecule has 2 aliphatic rings. The van der Waals surface area contributed by atoms with Crippen molar-refractivity contribution in [1.82, 2.24) is 0 Å². The van der Waals surface area contributed by atoms with Crippen molar-refractivity contribution in [3.05, 3.63) is 0 Å². The molecule has 0 N–H and O–H groups in total. The third-order valence-corrected chi connectivity index (χ3v) is 7.00. The van der Waals surface area contributed by atoms with Crippen molar-refractivity contribution in [2.24, 2.45) is 35.5 Å². The lowest BCUT2D eigenvalue weighted by Crippen LogP contribution is -2.24. The summed E-state index contributed by atoms with van der Waals surface area (Å²) in [6.07, 6.45) is 18.2. The average Bonchev–Trinajstić information content (AvgIpc) is 2.51. The molecule has 2 rings (SSSR count). The van der Waals surface area contributed by atoms with Gasteiger partial charge in [0.1, 0.15) is 0 Å². The van der Waals surface area contributed by atoms with Crippen LogP contribution in [0.3, 0.4) is 0 Å². The zero-order chi connectivity index (χ0) is 15.9. The molecule has 0 saturated heterocycles. The molecule has 130 valence electrons. The van der Waals surface area contributed by atoms with Crippen LogP contribution in [0.25, 0.3) is 0 Å². The molecule has 0 bridgehead atoms. The lowest BCUT2D eigenvalue weighted by Gasteiger charge is -2.36. The molecule has 1 unspecified atom stereocenters. The van der Waals surface area contributed by atoms with Crippen LogP contribution in [0.15, 0.2) is 0 Å². The Kier molecular flexibility index (Phi) is 7.78. The molecule has 22 heavy (non-hydrogen) atoms. The molecule has 0 amide bonds. The molecule has 0 aromatic rings. The largest absolute Gasteiger partial charge is 0.0651 e. The van der Waals surface area contributed by atoms with E-state index in [4.69, 9.17) is 0 Å². The van der Waals surface area contributed by atoms with Gasteiger partial charge in [-0.25, -0.2) is 0 Å². The minimum atomic E-state index is 0.888. The highest BCUT2D eigenvalue weighted by atomic mass is 14.3. The van der Waals surface area contributed by atoms with Gasteiger partial charge in [-0.05, 0) is 61.2 Å². The van der Waals surface area contributed by atoms with Crippen LogP contribution in [0.5, 0.6) is 0 Å². The van der Waals surface area contributed by atoms with Gasteiger partial charge in [-0.1, -0.05) is 79.1 Å². The SMILES string of the molecule is CCC(CCC(C)C)C1CCC(CC2CCC(C)CC2)CC1. The van der Waals surface area contributed by atoms with Crippen molar-refractivity contribution in [3.63, 3.8) is 0 Å². The maximum Gasteiger partial charge on any atom is -0.0386 e. The second-order valence-electron chi connectivity index (χ2n) is 9.28. The van der Waals surface area contributed by atoms with Gasteiger partial charge in [0.2, 0.25) is 0 Å². The smallest absolute Gasteiger partial charge is 0.0386 e. The van der Waals surface area contributed by atoms with E-state index in [0.29, 0.717) is 0 Å². The van der Waals surface area contributed by atoms with Crippen LogP contribution in [-0.2, 0) is 0 Å². The third kappa shape index (κ3) is 5.89. The summed E-state index contributed by atoms with van der Waals surface area (Å²) in [7, 11) is 0. The molecule has 2 fully saturated rings. The van der Waals surface area contributed by atoms with E-state index in [1.165, 1.54) is 44.9 Å². The third-order valence-electron chi connectivity index (χ3n) is 7.00. The monoisotopic (exact) mass is 306 g/mol. The van der Waals surface area contributed by atoms with Crippen molar-refractivity contribution < 1.29 is 0 Å². The molecular formula is C22H42. The van der Waals surface area contributed by atoms with Crippen molar-refractivity contribution in [2.75, 3.05) is 0 Å². The summed E-state index contributed by atoms with van der Waals surface area (Å²) in [5.74, 6) is 6.15. The van der Waals surface area contributed by atoms with E-state index in [0.717, 1.165) is 35.5 Å². The van der Waals surface area contributed by atoms with E-state index in [1.807, 2.05) is 0 Å². The van der Waals surface area contributed by atoms with Crippen molar-refractivity contribution in [2.45, 2.75) is 105 Å². The fraction of sp³-hybridized carbons (Fsp3) is 1.00. The second kappa shape index (κ2) is 9.33. The Bertz CT molecular complexity index is 276. The van der Waals surface area contributed by atoms with Gasteiger partial charge in [0.15, 0.2) is 0 Å². The summed E-state index contributed by atoms with van der Waals surface area (Å²) in [5.41, 5.74) is 0. The molecule has 0 heteroatoms. The Morgan fingerprint density at radius 2 is 1.32 bits per heavy atom. The summed E-state index contributed by atoms with van der Waals surface area (Å²) in [4.78, 5) is 0. The number of rotatable bonds is 7. The standard InChI is InChI=1S/C22H42/c1-5-21(13-6-17(2)3)22-14-11-20(12-15-22)16-19-9-7-18(4)8-10-19/h17-22H,5-16H2,1-4H3. The summed E-state index contributed by atoms with van der Waals surface area (Å²) < 4.78 is 0. The first kappa shape index (κ1) is 18.3. The predicted molar refractivity (Wildman–Crippen MR) is 99.0 cm³/mol. The highest BCUT2D eigenvalue weighted by molar-refractivity contribution is 4.80. The Morgan fingerprint density at radius 1 is 0.773 bits per heavy atom. The second-order valence-corrected chi connectivity index (χ2v) is 9.28. The first-order valence-electron chi connectivity index (χ1n) is 10.6. The molecular weight excluding hydrogens is 264 g/mol. The van der Waals surface area contributed by atoms with Crippen LogP contribution in [-0.4, -0.2) is 0 Å². The topological polar surface area (TPSA) is 0 Å². The van der Waals surface area contributed by atoms with Gasteiger partial charge in [0.25, 0.3) is 0 Å². The highest BCUT2D eigenvalue weighted by Gasteiger charge is 2.29. The Labute approximate surface area is 140 Å². The first-order chi connectivity index (χ1) is 10.6. The maximum absolute atomic E-state index is 2.45. The van der Waals surface area contributed by atoms with Crippen LogP contribution in [0.1, 0.15) is 105 Å². The van der Waals surface area contributed by atoms with Crippen molar-refractivity contribution >= 4 is 0 Å². The number of hydrogen-bond donors (Lipinski definition) is 0. The van der Waals surface area contributed by atoms with E-state index < -0.39 is 0 Å². The Morgan fingerprint density at radius 3 is 1.82 bits per heavy atom. The quantitative estimate of drug-likeness (QED) is 0.457. The van der Waals surface area contributed by atoms with Crippen molar-refractivity contribution in [1.29, 1.82) is 0 Å². The molecule has 2 aliphatic carbocycles. The van der Waals surface area contributed by atoms with Crippen LogP contribution < -0.4 is 0 Å². The van der Waals surface area contributed by atoms with Crippen LogP contribution >= 0.6 is 0 Å². The number of hydrogen-bond acceptors (Lipinski definition) is 0. The predicted octanol–water partition coefficient (Wildman–Crippen LogP) is 7.47. The lowest BCUT2D eigenvalue weighted by molar-refractivity contribution is 0.155. The van der Waals surface area contributed by atoms with Crippen molar-refractivity contribution in [3.8, 4) is 0 Å². The summed E-state index contributed by atoms with van der Waals surface area (Å²) in [6.45, 7) is 9.65. The molecule has 0 aliphatic heterocycles.